The van der Waals surface area contributed by atoms with Gasteiger partial charge in [0.2, 0.25) is 0 Å². The van der Waals surface area contributed by atoms with Crippen molar-refractivity contribution in [1.82, 2.24) is 5.32 Å². The van der Waals surface area contributed by atoms with E-state index in [9.17, 15) is 44.7 Å². The monoisotopic (exact) mass is 1150 g/mol. The van der Waals surface area contributed by atoms with E-state index in [1.54, 1.807) is 38.3 Å². The van der Waals surface area contributed by atoms with Crippen molar-refractivity contribution < 1.29 is 152 Å². The number of rotatable bonds is 8. The number of fused-ring (bicyclic) bond motifs is 5. The summed E-state index contributed by atoms with van der Waals surface area (Å²) in [6.07, 6.45) is -10.2. The Morgan fingerprint density at radius 3 is 2.34 bits per heavy atom. The third kappa shape index (κ3) is 7.23. The van der Waals surface area contributed by atoms with Gasteiger partial charge in [-0.05, 0) is 42.9 Å². The molecule has 1 aliphatic heterocycles. The summed E-state index contributed by atoms with van der Waals surface area (Å²) < 4.78 is 22.3. The van der Waals surface area contributed by atoms with E-state index in [2.05, 4.69) is 5.32 Å². The molecule has 0 aromatic carbocycles. The molecule has 3 aliphatic carbocycles. The molecule has 1 saturated heterocycles. The van der Waals surface area contributed by atoms with Gasteiger partial charge in [0.15, 0.2) is 11.9 Å². The van der Waals surface area contributed by atoms with Crippen molar-refractivity contribution in [3.63, 3.8) is 0 Å². The molecule has 1 amide bonds. The number of nitrogens with one attached hydrogen (secondary N) is 1. The average Bonchev–Trinajstić information content (AvgIpc) is 3.55. The fourth-order valence-electron chi connectivity index (χ4n) is 8.28. The number of carbonyl (C=O) groups excluding carboxylic acids is 4. The number of Topliss-reactive ketones (excluding diaryl/α,β-unsaturated/α-hetero) is 1. The normalized spacial score (nSPS) is 36.7. The first-order chi connectivity index (χ1) is 22.4. The molecule has 14 nitrogen and oxygen atoms in total. The van der Waals surface area contributed by atoms with E-state index in [4.69, 9.17) is 18.9 Å². The first-order valence-electron chi connectivity index (χ1n) is 16.1. The van der Waals surface area contributed by atoms with Gasteiger partial charge >= 0.3 is 18.0 Å². The predicted octanol–water partition coefficient (Wildman–Crippen LogP) is 1.07. The number of ether oxygens (including phenoxy) is 4. The van der Waals surface area contributed by atoms with Crippen LogP contribution in [0.1, 0.15) is 71.7 Å². The van der Waals surface area contributed by atoms with Gasteiger partial charge in [0.05, 0.1) is 30.8 Å². The van der Waals surface area contributed by atoms with E-state index in [0.29, 0.717) is 11.3 Å². The second-order valence-corrected chi connectivity index (χ2v) is 15.1. The van der Waals surface area contributed by atoms with E-state index in [1.807, 2.05) is 0 Å². The van der Waals surface area contributed by atoms with Crippen LogP contribution in [0, 0.1) is 105 Å². The van der Waals surface area contributed by atoms with Gasteiger partial charge in [0.1, 0.15) is 35.6 Å². The molecule has 3 fully saturated rings. The van der Waals surface area contributed by atoms with Gasteiger partial charge in [0.25, 0.3) is 0 Å². The molecule has 11 atom stereocenters. The molecule has 6 N–H and O–H groups in total. The van der Waals surface area contributed by atoms with Crippen LogP contribution in [0.2, 0.25) is 0 Å². The third-order valence-electron chi connectivity index (χ3n) is 11.0. The molecule has 2 bridgehead atoms. The molecule has 2 saturated carbocycles. The number of amides is 1. The number of thiophene rings is 1. The van der Waals surface area contributed by atoms with E-state index < -0.39 is 101 Å². The van der Waals surface area contributed by atoms with Gasteiger partial charge < -0.3 is 49.8 Å². The smallest absolute Gasteiger partial charge is 0.407 e. The molecule has 50 heavy (non-hydrogen) atoms. The maximum atomic E-state index is 14.4. The fraction of sp³-hybridized carbons (Fsp3) is 0.697. The van der Waals surface area contributed by atoms with Crippen molar-refractivity contribution in [2.75, 3.05) is 13.2 Å². The van der Waals surface area contributed by atoms with Crippen molar-refractivity contribution in [1.29, 1.82) is 0 Å². The van der Waals surface area contributed by atoms with E-state index in [0.717, 1.165) is 6.92 Å². The average molecular weight is 1150 g/mol. The van der Waals surface area contributed by atoms with Gasteiger partial charge in [-0.25, -0.2) is 9.59 Å². The summed E-state index contributed by atoms with van der Waals surface area (Å²) in [5, 5.41) is 63.4. The van der Waals surface area contributed by atoms with Crippen LogP contribution in [0.3, 0.4) is 0 Å². The number of carbonyl (C=O) groups is 4. The topological polar surface area (TPSA) is 218 Å². The van der Waals surface area contributed by atoms with Crippen molar-refractivity contribution in [2.45, 2.75) is 115 Å². The van der Waals surface area contributed by atoms with Gasteiger partial charge in [-0.2, -0.15) is 0 Å². The van der Waals surface area contributed by atoms with Crippen LogP contribution in [0.25, 0.3) is 0 Å². The molecule has 4 aliphatic rings. The molecule has 1 aromatic rings. The molecule has 272 valence electrons. The van der Waals surface area contributed by atoms with Crippen LogP contribution in [0.4, 0.5) is 4.79 Å². The summed E-state index contributed by atoms with van der Waals surface area (Å²) in [7, 11) is 0. The maximum Gasteiger partial charge on any atom is 0.407 e. The zero-order valence-corrected chi connectivity index (χ0v) is 39.3. The van der Waals surface area contributed by atoms with Gasteiger partial charge in [0, 0.05) is 124 Å². The van der Waals surface area contributed by atoms with Gasteiger partial charge in [-0.3, -0.25) is 9.59 Å². The SMILES string of the molecule is CCCOC(=O)N[C@@H](c1cccs1)[C@@H](O)C(=O)O[C@H]1C[C@@]2(O)[C@@H](OC(C)=O)[C@@H]3[C@]4(O)CO[C@@H]4C[C@H](O)[C@@]3(C)C(=O)[C@H](O)C(=C1C)C2(C)C.[Ac].[Ac]. The van der Waals surface area contributed by atoms with Gasteiger partial charge in [-0.15, -0.1) is 11.3 Å². The van der Waals surface area contributed by atoms with Crippen LogP contribution in [0.15, 0.2) is 28.7 Å². The second kappa shape index (κ2) is 16.4. The summed E-state index contributed by atoms with van der Waals surface area (Å²) in [6, 6.07) is 2.01. The Balaban J connectivity index is 0.00000338. The Morgan fingerprint density at radius 2 is 1.80 bits per heavy atom. The van der Waals surface area contributed by atoms with Crippen LogP contribution in [-0.4, -0.2) is 110 Å². The largest absolute Gasteiger partial charge is 0.459 e. The Labute approximate surface area is 366 Å². The first-order valence-corrected chi connectivity index (χ1v) is 16.9. The minimum Gasteiger partial charge on any atom is -0.459 e. The Morgan fingerprint density at radius 1 is 1.14 bits per heavy atom. The number of aliphatic hydroxyl groups is 5. The Kier molecular flexibility index (Phi) is 14.5. The summed E-state index contributed by atoms with van der Waals surface area (Å²) >= 11 is 1.17. The van der Waals surface area contributed by atoms with Crippen LogP contribution in [0.5, 0.6) is 0 Å². The first kappa shape index (κ1) is 44.4. The second-order valence-electron chi connectivity index (χ2n) is 14.1. The fourth-order valence-corrected chi connectivity index (χ4v) is 9.09. The molecule has 5 rings (SSSR count). The molecule has 0 spiro atoms. The molecule has 17 heteroatoms. The molecule has 2 heterocycles. The van der Waals surface area contributed by atoms with Crippen LogP contribution in [-0.2, 0) is 33.3 Å². The van der Waals surface area contributed by atoms with Crippen molar-refractivity contribution in [3.8, 4) is 0 Å². The summed E-state index contributed by atoms with van der Waals surface area (Å²) in [4.78, 5) is 53.6. The quantitative estimate of drug-likeness (QED) is 0.122. The van der Waals surface area contributed by atoms with Gasteiger partial charge in [-0.1, -0.05) is 26.8 Å². The molecular weight excluding hydrogens is 1100 g/mol. The zero-order chi connectivity index (χ0) is 35.6. The molecule has 1 aromatic heterocycles. The van der Waals surface area contributed by atoms with Crippen molar-refractivity contribution in [2.24, 2.45) is 16.7 Å². The van der Waals surface area contributed by atoms with E-state index >= 15 is 0 Å². The van der Waals surface area contributed by atoms with Crippen molar-refractivity contribution in [3.05, 3.63) is 33.5 Å². The van der Waals surface area contributed by atoms with Crippen molar-refractivity contribution >= 4 is 35.2 Å². The molecular formula is C33H45Ac2NO13S. The predicted molar refractivity (Wildman–Crippen MR) is 167 cm³/mol. The zero-order valence-electron chi connectivity index (χ0n) is 29.0. The molecule has 2 radical (unpaired) electrons. The number of alkyl carbamates (subject to hydrolysis) is 1. The Bertz CT molecular complexity index is 1490. The summed E-state index contributed by atoms with van der Waals surface area (Å²) in [5.74, 6) is -4.37. The summed E-state index contributed by atoms with van der Waals surface area (Å²) in [5.41, 5.74) is -7.32. The minimum atomic E-state index is -2.22. The third-order valence-corrected chi connectivity index (χ3v) is 12.0. The number of hydrogen-bond donors (Lipinski definition) is 6. The Hall–Kier alpha value is -0.0369. The standard InChI is InChI=1S/C33H45NO13S.2Ac/c1-7-10-44-29(41)34-22(18-9-8-11-48-18)24(38)28(40)47-17-13-33(43)27(46-16(3)35)25-31(6,19(36)12-20-32(25,42)14-45-20)26(39)23(37)21(15(17)2)30(33,4)5;;/h8-9,11,17,19-20,22-25,27,36-38,42-43H,7,10,12-14H2,1-6H3,(H,34,41);;/t17-,19-,20+,22-,23+,24+,25-,27-,31+,32-,33+;;/m0../s1. The minimum absolute atomic E-state index is 0. The summed E-state index contributed by atoms with van der Waals surface area (Å²) in [6.45, 7) is 8.71. The maximum absolute atomic E-state index is 14.4. The van der Waals surface area contributed by atoms with E-state index in [-0.39, 0.29) is 119 Å². The number of aliphatic hydroxyl groups excluding tert-OH is 3. The number of hydrogen-bond acceptors (Lipinski definition) is 14. The van der Waals surface area contributed by atoms with E-state index in [1.165, 1.54) is 25.2 Å². The molecule has 0 unspecified atom stereocenters. The van der Waals surface area contributed by atoms with Crippen LogP contribution >= 0.6 is 11.3 Å². The number of ketones is 1. The van der Waals surface area contributed by atoms with Crippen LogP contribution < -0.4 is 5.32 Å². The number of esters is 2.